The first kappa shape index (κ1) is 16.6. The highest BCUT2D eigenvalue weighted by atomic mass is 32.2. The van der Waals surface area contributed by atoms with Crippen molar-refractivity contribution in [1.82, 2.24) is 14.3 Å². The molecule has 6 nitrogen and oxygen atoms in total. The molecule has 2 heterocycles. The summed E-state index contributed by atoms with van der Waals surface area (Å²) in [5.74, 6) is 1.64. The zero-order valence-corrected chi connectivity index (χ0v) is 14.9. The Morgan fingerprint density at radius 1 is 1.17 bits per heavy atom. The van der Waals surface area contributed by atoms with Crippen molar-refractivity contribution in [3.63, 3.8) is 0 Å². The number of anilines is 1. The standard InChI is InChI=1S/C16H26N4O2S/c1-16(2,3)15-17-9-6-14(19-15)18-12-7-10-20(11-8-12)23(21,22)13-4-5-13/h6,9,12-13H,4-5,7-8,10-11H2,1-3H3,(H,17,18,19). The van der Waals surface area contributed by atoms with Crippen LogP contribution >= 0.6 is 0 Å². The second kappa shape index (κ2) is 6.02. The minimum absolute atomic E-state index is 0.0839. The lowest BCUT2D eigenvalue weighted by Crippen LogP contribution is -2.43. The van der Waals surface area contributed by atoms with E-state index in [1.165, 1.54) is 0 Å². The van der Waals surface area contributed by atoms with Crippen molar-refractivity contribution in [3.8, 4) is 0 Å². The number of rotatable bonds is 4. The normalized spacial score (nSPS) is 21.3. The predicted molar refractivity (Wildman–Crippen MR) is 90.9 cm³/mol. The maximum absolute atomic E-state index is 12.3. The van der Waals surface area contributed by atoms with Crippen molar-refractivity contribution in [2.75, 3.05) is 18.4 Å². The van der Waals surface area contributed by atoms with E-state index in [2.05, 4.69) is 36.1 Å². The van der Waals surface area contributed by atoms with Gasteiger partial charge in [-0.05, 0) is 31.7 Å². The fourth-order valence-corrected chi connectivity index (χ4v) is 4.71. The zero-order chi connectivity index (χ0) is 16.7. The molecule has 1 aromatic heterocycles. The van der Waals surface area contributed by atoms with E-state index in [0.29, 0.717) is 13.1 Å². The first-order valence-corrected chi connectivity index (χ1v) is 9.86. The smallest absolute Gasteiger partial charge is 0.216 e. The maximum Gasteiger partial charge on any atom is 0.216 e. The quantitative estimate of drug-likeness (QED) is 0.910. The summed E-state index contributed by atoms with van der Waals surface area (Å²) in [5, 5.41) is 3.33. The van der Waals surface area contributed by atoms with Crippen molar-refractivity contribution >= 4 is 15.8 Å². The molecule has 0 bridgehead atoms. The van der Waals surface area contributed by atoms with Crippen molar-refractivity contribution in [2.24, 2.45) is 0 Å². The van der Waals surface area contributed by atoms with E-state index in [-0.39, 0.29) is 16.7 Å². The summed E-state index contributed by atoms with van der Waals surface area (Å²) in [7, 11) is -3.03. The van der Waals surface area contributed by atoms with E-state index in [0.717, 1.165) is 37.3 Å². The number of sulfonamides is 1. The van der Waals surface area contributed by atoms with Crippen LogP contribution in [0.2, 0.25) is 0 Å². The van der Waals surface area contributed by atoms with Gasteiger partial charge in [-0.25, -0.2) is 22.7 Å². The van der Waals surface area contributed by atoms with Gasteiger partial charge in [-0.3, -0.25) is 0 Å². The van der Waals surface area contributed by atoms with Crippen molar-refractivity contribution in [3.05, 3.63) is 18.1 Å². The zero-order valence-electron chi connectivity index (χ0n) is 14.1. The van der Waals surface area contributed by atoms with Gasteiger partial charge in [0.15, 0.2) is 0 Å². The van der Waals surface area contributed by atoms with Gasteiger partial charge in [-0.1, -0.05) is 20.8 Å². The predicted octanol–water partition coefficient (Wildman–Crippen LogP) is 2.14. The average molecular weight is 338 g/mol. The highest BCUT2D eigenvalue weighted by Gasteiger charge is 2.41. The topological polar surface area (TPSA) is 75.2 Å². The van der Waals surface area contributed by atoms with Gasteiger partial charge >= 0.3 is 0 Å². The van der Waals surface area contributed by atoms with Gasteiger partial charge in [0.1, 0.15) is 11.6 Å². The van der Waals surface area contributed by atoms with E-state index >= 15 is 0 Å². The summed E-state index contributed by atoms with van der Waals surface area (Å²) < 4.78 is 26.2. The molecule has 23 heavy (non-hydrogen) atoms. The van der Waals surface area contributed by atoms with Crippen LogP contribution in [0, 0.1) is 0 Å². The van der Waals surface area contributed by atoms with Crippen LogP contribution in [0.1, 0.15) is 52.3 Å². The lowest BCUT2D eigenvalue weighted by Gasteiger charge is -2.32. The van der Waals surface area contributed by atoms with Gasteiger partial charge in [0.25, 0.3) is 0 Å². The van der Waals surface area contributed by atoms with Crippen LogP contribution in [-0.4, -0.2) is 47.1 Å². The second-order valence-corrected chi connectivity index (χ2v) is 9.79. The molecule has 1 saturated carbocycles. The Hall–Kier alpha value is -1.21. The van der Waals surface area contributed by atoms with Crippen LogP contribution in [0.25, 0.3) is 0 Å². The lowest BCUT2D eigenvalue weighted by molar-refractivity contribution is 0.329. The van der Waals surface area contributed by atoms with Gasteiger partial charge in [-0.15, -0.1) is 0 Å². The van der Waals surface area contributed by atoms with Crippen LogP contribution < -0.4 is 5.32 Å². The largest absolute Gasteiger partial charge is 0.367 e. The van der Waals surface area contributed by atoms with Gasteiger partial charge in [0.2, 0.25) is 10.0 Å². The SMILES string of the molecule is CC(C)(C)c1nccc(NC2CCN(S(=O)(=O)C3CC3)CC2)n1. The summed E-state index contributed by atoms with van der Waals surface area (Å²) in [5.41, 5.74) is -0.0839. The van der Waals surface area contributed by atoms with Crippen LogP contribution in [0.4, 0.5) is 5.82 Å². The minimum atomic E-state index is -3.03. The summed E-state index contributed by atoms with van der Waals surface area (Å²) >= 11 is 0. The Kier molecular flexibility index (Phi) is 4.35. The Labute approximate surface area is 138 Å². The number of aromatic nitrogens is 2. The Balaban J connectivity index is 1.59. The molecule has 0 amide bonds. The molecular formula is C16H26N4O2S. The molecule has 1 aliphatic heterocycles. The number of hydrogen-bond donors (Lipinski definition) is 1. The number of nitrogens with one attached hydrogen (secondary N) is 1. The molecule has 0 aromatic carbocycles. The molecule has 2 aliphatic rings. The third kappa shape index (κ3) is 3.83. The van der Waals surface area contributed by atoms with Crippen molar-refractivity contribution < 1.29 is 8.42 Å². The molecule has 3 rings (SSSR count). The first-order chi connectivity index (χ1) is 10.8. The van der Waals surface area contributed by atoms with Gasteiger partial charge in [0.05, 0.1) is 5.25 Å². The molecule has 1 aliphatic carbocycles. The number of nitrogens with zero attached hydrogens (tertiary/aromatic N) is 3. The minimum Gasteiger partial charge on any atom is -0.367 e. The molecule has 128 valence electrons. The summed E-state index contributed by atoms with van der Waals surface area (Å²) in [6.07, 6.45) is 5.08. The van der Waals surface area contributed by atoms with E-state index in [1.807, 2.05) is 6.07 Å². The molecule has 0 radical (unpaired) electrons. The molecule has 0 atom stereocenters. The summed E-state index contributed by atoms with van der Waals surface area (Å²) in [6.45, 7) is 7.48. The second-order valence-electron chi connectivity index (χ2n) is 7.58. The molecule has 1 saturated heterocycles. The third-order valence-corrected chi connectivity index (χ3v) is 6.84. The van der Waals surface area contributed by atoms with Gasteiger partial charge in [-0.2, -0.15) is 0 Å². The van der Waals surface area contributed by atoms with Crippen LogP contribution in [0.3, 0.4) is 0 Å². The third-order valence-electron chi connectivity index (χ3n) is 4.44. The Morgan fingerprint density at radius 3 is 2.39 bits per heavy atom. The van der Waals surface area contributed by atoms with E-state index in [9.17, 15) is 8.42 Å². The molecule has 7 heteroatoms. The van der Waals surface area contributed by atoms with E-state index in [1.54, 1.807) is 10.5 Å². The van der Waals surface area contributed by atoms with Crippen molar-refractivity contribution in [1.29, 1.82) is 0 Å². The van der Waals surface area contributed by atoms with Gasteiger partial charge < -0.3 is 5.32 Å². The van der Waals surface area contributed by atoms with Crippen LogP contribution in [0.15, 0.2) is 12.3 Å². The Morgan fingerprint density at radius 2 is 1.83 bits per heavy atom. The highest BCUT2D eigenvalue weighted by molar-refractivity contribution is 7.90. The van der Waals surface area contributed by atoms with Crippen LogP contribution in [0.5, 0.6) is 0 Å². The van der Waals surface area contributed by atoms with Gasteiger partial charge in [0, 0.05) is 30.7 Å². The van der Waals surface area contributed by atoms with E-state index in [4.69, 9.17) is 0 Å². The molecular weight excluding hydrogens is 312 g/mol. The van der Waals surface area contributed by atoms with Crippen molar-refractivity contribution in [2.45, 2.75) is 63.2 Å². The molecule has 0 spiro atoms. The fraction of sp³-hybridized carbons (Fsp3) is 0.750. The molecule has 1 N–H and O–H groups in total. The van der Waals surface area contributed by atoms with E-state index < -0.39 is 10.0 Å². The molecule has 2 fully saturated rings. The monoisotopic (exact) mass is 338 g/mol. The molecule has 0 unspecified atom stereocenters. The summed E-state index contributed by atoms with van der Waals surface area (Å²) in [4.78, 5) is 8.93. The molecule has 1 aromatic rings. The first-order valence-electron chi connectivity index (χ1n) is 8.36. The maximum atomic E-state index is 12.3. The lowest BCUT2D eigenvalue weighted by atomic mass is 9.96. The number of hydrogen-bond acceptors (Lipinski definition) is 5. The number of piperidine rings is 1. The van der Waals surface area contributed by atoms with Crippen LogP contribution in [-0.2, 0) is 15.4 Å². The fourth-order valence-electron chi connectivity index (χ4n) is 2.84. The average Bonchev–Trinajstić information content (AvgIpc) is 3.32. The highest BCUT2D eigenvalue weighted by Crippen LogP contribution is 2.32. The summed E-state index contributed by atoms with van der Waals surface area (Å²) in [6, 6.07) is 2.14. The Bertz CT molecular complexity index is 657.